The second-order valence-electron chi connectivity index (χ2n) is 4.84. The molecule has 0 fully saturated rings. The van der Waals surface area contributed by atoms with Crippen molar-refractivity contribution in [2.45, 2.75) is 19.9 Å². The summed E-state index contributed by atoms with van der Waals surface area (Å²) in [7, 11) is 0. The third kappa shape index (κ3) is 2.25. The van der Waals surface area contributed by atoms with Crippen LogP contribution in [-0.4, -0.2) is 4.98 Å². The van der Waals surface area contributed by atoms with E-state index in [0.717, 1.165) is 24.3 Å². The van der Waals surface area contributed by atoms with Crippen molar-refractivity contribution in [3.63, 3.8) is 0 Å². The predicted octanol–water partition coefficient (Wildman–Crippen LogP) is 3.36. The van der Waals surface area contributed by atoms with Gasteiger partial charge in [-0.2, -0.15) is 0 Å². The Morgan fingerprint density at radius 3 is 2.75 bits per heavy atom. The summed E-state index contributed by atoms with van der Waals surface area (Å²) in [5, 5.41) is 0. The first-order chi connectivity index (χ1) is 9.67. The lowest BCUT2D eigenvalue weighted by Gasteiger charge is -2.26. The average molecular weight is 269 g/mol. The Hall–Kier alpha value is -2.36. The molecule has 0 unspecified atom stereocenters. The van der Waals surface area contributed by atoms with Gasteiger partial charge in [0.05, 0.1) is 5.69 Å². The quantitative estimate of drug-likeness (QED) is 0.909. The largest absolute Gasteiger partial charge is 0.384 e. The summed E-state index contributed by atoms with van der Waals surface area (Å²) in [6.45, 7) is 2.84. The molecule has 3 nitrogen and oxygen atoms in total. The highest BCUT2D eigenvalue weighted by Gasteiger charge is 2.16. The topological polar surface area (TPSA) is 42.1 Å². The van der Waals surface area contributed by atoms with E-state index < -0.39 is 0 Å². The normalized spacial score (nSPS) is 13.4. The van der Waals surface area contributed by atoms with Gasteiger partial charge >= 0.3 is 0 Å². The van der Waals surface area contributed by atoms with Crippen molar-refractivity contribution < 1.29 is 4.39 Å². The van der Waals surface area contributed by atoms with Gasteiger partial charge in [-0.15, -0.1) is 0 Å². The van der Waals surface area contributed by atoms with Crippen molar-refractivity contribution in [3.8, 4) is 0 Å². The number of fused-ring (bicyclic) bond motifs is 1. The lowest BCUT2D eigenvalue weighted by atomic mass is 10.0. The molecule has 102 valence electrons. The Bertz CT molecular complexity index is 662. The van der Waals surface area contributed by atoms with Crippen LogP contribution in [0.3, 0.4) is 0 Å². The number of hydrogen-bond donors (Lipinski definition) is 1. The predicted molar refractivity (Wildman–Crippen MR) is 79.6 cm³/mol. The van der Waals surface area contributed by atoms with Crippen molar-refractivity contribution in [1.82, 2.24) is 4.98 Å². The Morgan fingerprint density at radius 2 is 2.05 bits per heavy atom. The molecule has 3 rings (SSSR count). The SMILES string of the molecule is CCc1cc(N)nc2c1CN(c1ccc(F)cc1)C=C2. The fourth-order valence-electron chi connectivity index (χ4n) is 2.50. The number of rotatable bonds is 2. The van der Waals surface area contributed by atoms with Crippen LogP contribution in [0.4, 0.5) is 15.9 Å². The molecular formula is C16H16FN3. The molecule has 2 aromatic rings. The zero-order valence-corrected chi connectivity index (χ0v) is 11.3. The third-order valence-corrected chi connectivity index (χ3v) is 3.55. The second-order valence-corrected chi connectivity index (χ2v) is 4.84. The maximum absolute atomic E-state index is 13.0. The highest BCUT2D eigenvalue weighted by Crippen LogP contribution is 2.27. The maximum Gasteiger partial charge on any atom is 0.124 e. The van der Waals surface area contributed by atoms with Gasteiger partial charge in [0.1, 0.15) is 11.6 Å². The first-order valence-corrected chi connectivity index (χ1v) is 6.66. The highest BCUT2D eigenvalue weighted by molar-refractivity contribution is 5.64. The number of aryl methyl sites for hydroxylation is 1. The van der Waals surface area contributed by atoms with Gasteiger partial charge in [0.25, 0.3) is 0 Å². The lowest BCUT2D eigenvalue weighted by molar-refractivity contribution is 0.627. The first kappa shape index (κ1) is 12.7. The molecule has 4 heteroatoms. The minimum atomic E-state index is -0.223. The van der Waals surface area contributed by atoms with Crippen molar-refractivity contribution in [2.24, 2.45) is 0 Å². The van der Waals surface area contributed by atoms with E-state index in [-0.39, 0.29) is 5.82 Å². The molecule has 0 amide bonds. The van der Waals surface area contributed by atoms with Crippen LogP contribution in [-0.2, 0) is 13.0 Å². The van der Waals surface area contributed by atoms with Crippen LogP contribution in [0.2, 0.25) is 0 Å². The molecule has 0 bridgehead atoms. The summed E-state index contributed by atoms with van der Waals surface area (Å²) in [5.74, 6) is 0.333. The monoisotopic (exact) mass is 269 g/mol. The van der Waals surface area contributed by atoms with Crippen LogP contribution in [0.15, 0.2) is 36.5 Å². The number of nitrogens with zero attached hydrogens (tertiary/aromatic N) is 2. The Morgan fingerprint density at radius 1 is 1.30 bits per heavy atom. The van der Waals surface area contributed by atoms with Gasteiger partial charge in [-0.1, -0.05) is 6.92 Å². The molecule has 2 N–H and O–H groups in total. The van der Waals surface area contributed by atoms with Crippen molar-refractivity contribution in [1.29, 1.82) is 0 Å². The molecule has 0 atom stereocenters. The van der Waals surface area contributed by atoms with Crippen molar-refractivity contribution in [3.05, 3.63) is 59.2 Å². The van der Waals surface area contributed by atoms with Crippen molar-refractivity contribution in [2.75, 3.05) is 10.6 Å². The Labute approximate surface area is 117 Å². The van der Waals surface area contributed by atoms with Gasteiger partial charge in [-0.25, -0.2) is 9.37 Å². The smallest absolute Gasteiger partial charge is 0.124 e. The standard InChI is InChI=1S/C16H16FN3/c1-2-11-9-16(18)19-15-7-8-20(10-14(11)15)13-5-3-12(17)4-6-13/h3-9H,2,10H2,1H3,(H2,18,19). The number of nitrogen functional groups attached to an aromatic ring is 1. The molecule has 2 heterocycles. The number of anilines is 2. The molecule has 1 aromatic carbocycles. The molecule has 1 aliphatic heterocycles. The molecule has 1 aromatic heterocycles. The van der Waals surface area contributed by atoms with Crippen LogP contribution in [0.1, 0.15) is 23.7 Å². The van der Waals surface area contributed by atoms with E-state index in [2.05, 4.69) is 16.8 Å². The zero-order chi connectivity index (χ0) is 14.1. The number of pyridine rings is 1. The number of hydrogen-bond acceptors (Lipinski definition) is 3. The average Bonchev–Trinajstić information content (AvgIpc) is 2.46. The minimum Gasteiger partial charge on any atom is -0.384 e. The fraction of sp³-hybridized carbons (Fsp3) is 0.188. The number of nitrogens with two attached hydrogens (primary N) is 1. The maximum atomic E-state index is 13.0. The van der Waals surface area contributed by atoms with Gasteiger partial charge in [0.15, 0.2) is 0 Å². The zero-order valence-electron chi connectivity index (χ0n) is 11.3. The number of aromatic nitrogens is 1. The van der Waals surface area contributed by atoms with Gasteiger partial charge in [0.2, 0.25) is 0 Å². The molecule has 0 aliphatic carbocycles. The van der Waals surface area contributed by atoms with E-state index >= 15 is 0 Å². The van der Waals surface area contributed by atoms with E-state index in [1.54, 1.807) is 12.1 Å². The second kappa shape index (κ2) is 4.96. The summed E-state index contributed by atoms with van der Waals surface area (Å²) >= 11 is 0. The lowest BCUT2D eigenvalue weighted by Crippen LogP contribution is -2.21. The third-order valence-electron chi connectivity index (χ3n) is 3.55. The van der Waals surface area contributed by atoms with Crippen LogP contribution in [0.5, 0.6) is 0 Å². The molecule has 0 saturated heterocycles. The van der Waals surface area contributed by atoms with E-state index in [4.69, 9.17) is 5.73 Å². The van der Waals surface area contributed by atoms with E-state index in [1.807, 2.05) is 18.3 Å². The molecular weight excluding hydrogens is 253 g/mol. The number of benzene rings is 1. The van der Waals surface area contributed by atoms with Gasteiger partial charge < -0.3 is 10.6 Å². The van der Waals surface area contributed by atoms with E-state index in [1.165, 1.54) is 23.3 Å². The number of halogens is 1. The Kier molecular flexibility index (Phi) is 3.14. The first-order valence-electron chi connectivity index (χ1n) is 6.66. The highest BCUT2D eigenvalue weighted by atomic mass is 19.1. The van der Waals surface area contributed by atoms with Crippen LogP contribution >= 0.6 is 0 Å². The summed E-state index contributed by atoms with van der Waals surface area (Å²) in [6, 6.07) is 8.43. The molecule has 0 radical (unpaired) electrons. The van der Waals surface area contributed by atoms with E-state index in [0.29, 0.717) is 5.82 Å². The Balaban J connectivity index is 1.98. The van der Waals surface area contributed by atoms with Gasteiger partial charge in [-0.05, 0) is 48.4 Å². The van der Waals surface area contributed by atoms with Crippen molar-refractivity contribution >= 4 is 17.6 Å². The summed E-state index contributed by atoms with van der Waals surface area (Å²) < 4.78 is 13.0. The van der Waals surface area contributed by atoms with Crippen LogP contribution < -0.4 is 10.6 Å². The van der Waals surface area contributed by atoms with E-state index in [9.17, 15) is 4.39 Å². The summed E-state index contributed by atoms with van der Waals surface area (Å²) in [5.41, 5.74) is 10.1. The summed E-state index contributed by atoms with van der Waals surface area (Å²) in [4.78, 5) is 6.45. The van der Waals surface area contributed by atoms with Gasteiger partial charge in [0, 0.05) is 24.0 Å². The minimum absolute atomic E-state index is 0.223. The van der Waals surface area contributed by atoms with Gasteiger partial charge in [-0.3, -0.25) is 0 Å². The molecule has 1 aliphatic rings. The van der Waals surface area contributed by atoms with Crippen LogP contribution in [0, 0.1) is 5.82 Å². The molecule has 0 saturated carbocycles. The fourth-order valence-corrected chi connectivity index (χ4v) is 2.50. The molecule has 20 heavy (non-hydrogen) atoms. The molecule has 0 spiro atoms. The van der Waals surface area contributed by atoms with Crippen LogP contribution in [0.25, 0.3) is 6.08 Å². The summed E-state index contributed by atoms with van der Waals surface area (Å²) in [6.07, 6.45) is 4.83.